The van der Waals surface area contributed by atoms with Gasteiger partial charge in [0.15, 0.2) is 11.6 Å². The molecule has 0 amide bonds. The maximum absolute atomic E-state index is 4.96. The Bertz CT molecular complexity index is 1810. The summed E-state index contributed by atoms with van der Waals surface area (Å²) in [5.74, 6) is 2.21. The van der Waals surface area contributed by atoms with Crippen molar-refractivity contribution in [3.63, 3.8) is 0 Å². The molecule has 0 aliphatic carbocycles. The van der Waals surface area contributed by atoms with E-state index in [1.54, 1.807) is 0 Å². The zero-order valence-corrected chi connectivity index (χ0v) is 26.3. The van der Waals surface area contributed by atoms with Gasteiger partial charge in [0.05, 0.1) is 0 Å². The first kappa shape index (κ1) is 29.2. The Hall–Kier alpha value is -4.89. The summed E-state index contributed by atoms with van der Waals surface area (Å²) in [5.41, 5.74) is 9.14. The van der Waals surface area contributed by atoms with Gasteiger partial charge in [0.1, 0.15) is 5.82 Å². The van der Waals surface area contributed by atoms with E-state index in [2.05, 4.69) is 150 Å². The van der Waals surface area contributed by atoms with Crippen LogP contribution in [0.5, 0.6) is 0 Å². The number of rotatable bonds is 7. The smallest absolute Gasteiger partial charge is 0.163 e. The molecule has 0 saturated heterocycles. The van der Waals surface area contributed by atoms with E-state index >= 15 is 0 Å². The fourth-order valence-electron chi connectivity index (χ4n) is 5.60. The summed E-state index contributed by atoms with van der Waals surface area (Å²) in [6, 6.07) is 47.2. The number of nitrogens with zero attached hydrogens (tertiary/aromatic N) is 3. The Labute approximate surface area is 261 Å². The van der Waals surface area contributed by atoms with Crippen LogP contribution >= 0.6 is 0 Å². The standard InChI is InChI=1S/C41H39N3/c1-40(2,3)39-43-37(32-21-13-8-14-22-32)42-38(44-39)33-23-15-16-29(24-33)28-41(4,5)36-26-34(30-17-9-6-10-18-30)25-35(27-36)31-19-11-7-12-20-31/h6-27H,28H2,1-5H3. The molecule has 5 aromatic carbocycles. The highest BCUT2D eigenvalue weighted by molar-refractivity contribution is 5.74. The second-order valence-electron chi connectivity index (χ2n) is 13.2. The fourth-order valence-corrected chi connectivity index (χ4v) is 5.60. The number of benzene rings is 5. The zero-order chi connectivity index (χ0) is 30.7. The molecule has 3 nitrogen and oxygen atoms in total. The Balaban J connectivity index is 1.38. The van der Waals surface area contributed by atoms with E-state index in [0.29, 0.717) is 11.6 Å². The van der Waals surface area contributed by atoms with E-state index in [-0.39, 0.29) is 10.8 Å². The molecule has 1 heterocycles. The molecule has 44 heavy (non-hydrogen) atoms. The molecule has 6 aromatic rings. The van der Waals surface area contributed by atoms with Crippen molar-refractivity contribution < 1.29 is 0 Å². The van der Waals surface area contributed by atoms with Gasteiger partial charge in [0.25, 0.3) is 0 Å². The normalized spacial score (nSPS) is 11.8. The maximum atomic E-state index is 4.96. The van der Waals surface area contributed by atoms with Crippen molar-refractivity contribution >= 4 is 0 Å². The molecule has 0 atom stereocenters. The number of aromatic nitrogens is 3. The highest BCUT2D eigenvalue weighted by Crippen LogP contribution is 2.36. The van der Waals surface area contributed by atoms with Crippen LogP contribution in [0.2, 0.25) is 0 Å². The summed E-state index contributed by atoms with van der Waals surface area (Å²) in [6.45, 7) is 11.1. The molecular formula is C41H39N3. The van der Waals surface area contributed by atoms with Crippen LogP contribution in [0.4, 0.5) is 0 Å². The van der Waals surface area contributed by atoms with Gasteiger partial charge in [-0.25, -0.2) is 15.0 Å². The molecule has 0 radical (unpaired) electrons. The average molecular weight is 574 g/mol. The summed E-state index contributed by atoms with van der Waals surface area (Å²) in [7, 11) is 0. The molecule has 0 saturated carbocycles. The molecule has 0 aliphatic rings. The predicted octanol–water partition coefficient (Wildman–Crippen LogP) is 10.4. The van der Waals surface area contributed by atoms with Crippen molar-refractivity contribution in [3.8, 4) is 45.0 Å². The second kappa shape index (κ2) is 12.0. The maximum Gasteiger partial charge on any atom is 0.163 e. The van der Waals surface area contributed by atoms with Crippen molar-refractivity contribution in [3.05, 3.63) is 150 Å². The third kappa shape index (κ3) is 6.53. The molecule has 0 bridgehead atoms. The van der Waals surface area contributed by atoms with Gasteiger partial charge in [-0.05, 0) is 57.3 Å². The van der Waals surface area contributed by atoms with Crippen LogP contribution in [-0.4, -0.2) is 15.0 Å². The van der Waals surface area contributed by atoms with Crippen LogP contribution in [-0.2, 0) is 17.3 Å². The summed E-state index contributed by atoms with van der Waals surface area (Å²) in [4.78, 5) is 14.8. The van der Waals surface area contributed by atoms with Gasteiger partial charge in [-0.2, -0.15) is 0 Å². The average Bonchev–Trinajstić information content (AvgIpc) is 3.05. The molecule has 0 N–H and O–H groups in total. The molecule has 218 valence electrons. The fraction of sp³-hybridized carbons (Fsp3) is 0.195. The molecule has 1 aromatic heterocycles. The minimum Gasteiger partial charge on any atom is -0.212 e. The molecule has 0 fully saturated rings. The van der Waals surface area contributed by atoms with Crippen molar-refractivity contribution in [2.75, 3.05) is 0 Å². The third-order valence-corrected chi connectivity index (χ3v) is 8.10. The molecule has 6 rings (SSSR count). The van der Waals surface area contributed by atoms with E-state index in [1.165, 1.54) is 33.4 Å². The zero-order valence-electron chi connectivity index (χ0n) is 26.3. The van der Waals surface area contributed by atoms with Crippen molar-refractivity contribution in [2.24, 2.45) is 0 Å². The lowest BCUT2D eigenvalue weighted by molar-refractivity contribution is 0.523. The van der Waals surface area contributed by atoms with Crippen LogP contribution in [0.25, 0.3) is 45.0 Å². The molecule has 0 spiro atoms. The third-order valence-electron chi connectivity index (χ3n) is 8.10. The lowest BCUT2D eigenvalue weighted by atomic mass is 9.77. The SMILES string of the molecule is CC(C)(C)c1nc(-c2ccccc2)nc(-c2cccc(CC(C)(C)c3cc(-c4ccccc4)cc(-c4ccccc4)c3)c2)n1. The van der Waals surface area contributed by atoms with Gasteiger partial charge in [0, 0.05) is 16.5 Å². The van der Waals surface area contributed by atoms with Gasteiger partial charge >= 0.3 is 0 Å². The van der Waals surface area contributed by atoms with E-state index in [1.807, 2.05) is 18.2 Å². The van der Waals surface area contributed by atoms with Crippen LogP contribution in [0.1, 0.15) is 51.6 Å². The predicted molar refractivity (Wildman–Crippen MR) is 183 cm³/mol. The quantitative estimate of drug-likeness (QED) is 0.191. The Morgan fingerprint density at radius 1 is 0.432 bits per heavy atom. The molecule has 3 heteroatoms. The van der Waals surface area contributed by atoms with Gasteiger partial charge < -0.3 is 0 Å². The summed E-state index contributed by atoms with van der Waals surface area (Å²) in [6.07, 6.45) is 0.871. The Morgan fingerprint density at radius 3 is 1.43 bits per heavy atom. The van der Waals surface area contributed by atoms with Crippen molar-refractivity contribution in [2.45, 2.75) is 51.9 Å². The first-order valence-electron chi connectivity index (χ1n) is 15.3. The van der Waals surface area contributed by atoms with E-state index in [4.69, 9.17) is 15.0 Å². The first-order valence-corrected chi connectivity index (χ1v) is 15.3. The lowest BCUT2D eigenvalue weighted by Crippen LogP contribution is -2.21. The molecule has 0 unspecified atom stereocenters. The summed E-state index contributed by atoms with van der Waals surface area (Å²) in [5, 5.41) is 0. The minimum atomic E-state index is -0.207. The first-order chi connectivity index (χ1) is 21.2. The molecular weight excluding hydrogens is 534 g/mol. The van der Waals surface area contributed by atoms with Crippen LogP contribution in [0.3, 0.4) is 0 Å². The number of hydrogen-bond acceptors (Lipinski definition) is 3. The van der Waals surface area contributed by atoms with Gasteiger partial charge in [0.2, 0.25) is 0 Å². The Kier molecular flexibility index (Phi) is 7.97. The van der Waals surface area contributed by atoms with Crippen molar-refractivity contribution in [1.82, 2.24) is 15.0 Å². The molecule has 0 aliphatic heterocycles. The second-order valence-corrected chi connectivity index (χ2v) is 13.2. The Morgan fingerprint density at radius 2 is 0.909 bits per heavy atom. The number of hydrogen-bond donors (Lipinski definition) is 0. The minimum absolute atomic E-state index is 0.127. The summed E-state index contributed by atoms with van der Waals surface area (Å²) < 4.78 is 0. The van der Waals surface area contributed by atoms with Crippen LogP contribution in [0, 0.1) is 0 Å². The van der Waals surface area contributed by atoms with E-state index in [0.717, 1.165) is 23.4 Å². The van der Waals surface area contributed by atoms with Gasteiger partial charge in [-0.15, -0.1) is 0 Å². The largest absolute Gasteiger partial charge is 0.212 e. The van der Waals surface area contributed by atoms with Gasteiger partial charge in [-0.1, -0.05) is 156 Å². The van der Waals surface area contributed by atoms with Gasteiger partial charge in [-0.3, -0.25) is 0 Å². The highest BCUT2D eigenvalue weighted by Gasteiger charge is 2.24. The lowest BCUT2D eigenvalue weighted by Gasteiger charge is -2.27. The van der Waals surface area contributed by atoms with E-state index in [9.17, 15) is 0 Å². The summed E-state index contributed by atoms with van der Waals surface area (Å²) >= 11 is 0. The van der Waals surface area contributed by atoms with E-state index < -0.39 is 0 Å². The topological polar surface area (TPSA) is 38.7 Å². The highest BCUT2D eigenvalue weighted by atomic mass is 15.0. The van der Waals surface area contributed by atoms with Crippen molar-refractivity contribution in [1.29, 1.82) is 0 Å². The van der Waals surface area contributed by atoms with Crippen LogP contribution in [0.15, 0.2) is 133 Å². The monoisotopic (exact) mass is 573 g/mol. The van der Waals surface area contributed by atoms with Crippen LogP contribution < -0.4 is 0 Å².